The molecule has 0 aliphatic rings. The lowest BCUT2D eigenvalue weighted by molar-refractivity contribution is -0.107. The van der Waals surface area contributed by atoms with Gasteiger partial charge >= 0.3 is 0 Å². The highest BCUT2D eigenvalue weighted by atomic mass is 16.5. The lowest BCUT2D eigenvalue weighted by Crippen LogP contribution is -2.15. The summed E-state index contributed by atoms with van der Waals surface area (Å²) >= 11 is 0. The topological polar surface area (TPSA) is 52.3 Å². The van der Waals surface area contributed by atoms with E-state index in [1.807, 2.05) is 20.8 Å². The highest BCUT2D eigenvalue weighted by Crippen LogP contribution is 2.09. The van der Waals surface area contributed by atoms with Crippen LogP contribution in [0.5, 0.6) is 0 Å². The van der Waals surface area contributed by atoms with Gasteiger partial charge in [-0.3, -0.25) is 0 Å². The van der Waals surface area contributed by atoms with E-state index in [0.29, 0.717) is 0 Å². The predicted molar refractivity (Wildman–Crippen MR) is 88.1 cm³/mol. The van der Waals surface area contributed by atoms with Crippen molar-refractivity contribution in [3.63, 3.8) is 0 Å². The number of carbonyl (C=O) groups is 1. The molecule has 0 spiro atoms. The summed E-state index contributed by atoms with van der Waals surface area (Å²) in [4.78, 5) is 10.0. The number of aldehydes is 1. The molecule has 3 nitrogen and oxygen atoms in total. The maximum Gasteiger partial charge on any atom is 0.119 e. The SMILES string of the molecule is COC(C)(C)C.NCCCCCCCCCCCC=O. The molecule has 0 unspecified atom stereocenters. The molecule has 0 radical (unpaired) electrons. The van der Waals surface area contributed by atoms with Crippen LogP contribution in [0, 0.1) is 0 Å². The summed E-state index contributed by atoms with van der Waals surface area (Å²) in [5.74, 6) is 0. The Morgan fingerprint density at radius 3 is 1.50 bits per heavy atom. The second-order valence-corrected chi connectivity index (χ2v) is 6.24. The molecule has 0 saturated carbocycles. The summed E-state index contributed by atoms with van der Waals surface area (Å²) in [5.41, 5.74) is 5.45. The molecule has 0 aromatic rings. The van der Waals surface area contributed by atoms with Crippen LogP contribution in [0.15, 0.2) is 0 Å². The van der Waals surface area contributed by atoms with Gasteiger partial charge in [0, 0.05) is 13.5 Å². The summed E-state index contributed by atoms with van der Waals surface area (Å²) in [7, 11) is 1.71. The summed E-state index contributed by atoms with van der Waals surface area (Å²) in [5, 5.41) is 0. The summed E-state index contributed by atoms with van der Waals surface area (Å²) < 4.78 is 4.94. The lowest BCUT2D eigenvalue weighted by Gasteiger charge is -2.14. The maximum absolute atomic E-state index is 10.0. The lowest BCUT2D eigenvalue weighted by atomic mass is 10.1. The molecule has 0 atom stereocenters. The van der Waals surface area contributed by atoms with E-state index in [9.17, 15) is 4.79 Å². The molecule has 0 aromatic heterocycles. The van der Waals surface area contributed by atoms with Gasteiger partial charge in [0.15, 0.2) is 0 Å². The number of rotatable bonds is 11. The number of nitrogens with two attached hydrogens (primary N) is 1. The van der Waals surface area contributed by atoms with Gasteiger partial charge in [0.1, 0.15) is 6.29 Å². The Labute approximate surface area is 126 Å². The summed E-state index contributed by atoms with van der Waals surface area (Å²) in [6.45, 7) is 6.90. The zero-order chi connectivity index (χ0) is 15.7. The molecule has 0 saturated heterocycles. The predicted octanol–water partition coefficient (Wildman–Crippen LogP) is 4.48. The van der Waals surface area contributed by atoms with E-state index in [1.165, 1.54) is 51.4 Å². The molecular formula is C17H37NO2. The average molecular weight is 287 g/mol. The first kappa shape index (κ1) is 21.9. The zero-order valence-corrected chi connectivity index (χ0v) is 14.2. The van der Waals surface area contributed by atoms with Crippen molar-refractivity contribution >= 4 is 6.29 Å². The Morgan fingerprint density at radius 1 is 0.850 bits per heavy atom. The quantitative estimate of drug-likeness (QED) is 0.450. The van der Waals surface area contributed by atoms with E-state index in [0.717, 1.165) is 25.7 Å². The normalized spacial score (nSPS) is 10.8. The Hall–Kier alpha value is -0.410. The van der Waals surface area contributed by atoms with Gasteiger partial charge in [-0.2, -0.15) is 0 Å². The number of hydrogen-bond donors (Lipinski definition) is 1. The molecule has 0 fully saturated rings. The van der Waals surface area contributed by atoms with Crippen LogP contribution < -0.4 is 5.73 Å². The smallest absolute Gasteiger partial charge is 0.119 e. The van der Waals surface area contributed by atoms with E-state index in [-0.39, 0.29) is 5.60 Å². The highest BCUT2D eigenvalue weighted by Gasteiger charge is 2.04. The monoisotopic (exact) mass is 287 g/mol. The van der Waals surface area contributed by atoms with Crippen molar-refractivity contribution in [1.82, 2.24) is 0 Å². The molecule has 0 bridgehead atoms. The first-order valence-corrected chi connectivity index (χ1v) is 8.16. The molecule has 0 aliphatic heterocycles. The molecule has 20 heavy (non-hydrogen) atoms. The fourth-order valence-corrected chi connectivity index (χ4v) is 1.61. The summed E-state index contributed by atoms with van der Waals surface area (Å²) in [6.07, 6.45) is 13.2. The van der Waals surface area contributed by atoms with E-state index < -0.39 is 0 Å². The Kier molecular flexibility index (Phi) is 18.2. The number of unbranched alkanes of at least 4 members (excludes halogenated alkanes) is 9. The molecule has 0 rings (SSSR count). The standard InChI is InChI=1S/C12H25NO.C5H12O/c13-11-9-7-5-3-1-2-4-6-8-10-12-14;1-5(2,3)6-4/h12H,1-11,13H2;1-4H3. The first-order chi connectivity index (χ1) is 9.47. The third kappa shape index (κ3) is 26.2. The van der Waals surface area contributed by atoms with Gasteiger partial charge in [-0.25, -0.2) is 0 Å². The summed E-state index contributed by atoms with van der Waals surface area (Å²) in [6, 6.07) is 0. The van der Waals surface area contributed by atoms with Crippen LogP contribution in [0.3, 0.4) is 0 Å². The van der Waals surface area contributed by atoms with E-state index in [1.54, 1.807) is 7.11 Å². The van der Waals surface area contributed by atoms with Crippen molar-refractivity contribution in [3.05, 3.63) is 0 Å². The third-order valence-corrected chi connectivity index (χ3v) is 3.14. The number of carbonyl (C=O) groups excluding carboxylic acids is 1. The molecule has 0 aliphatic carbocycles. The van der Waals surface area contributed by atoms with Gasteiger partial charge < -0.3 is 15.3 Å². The molecule has 122 valence electrons. The van der Waals surface area contributed by atoms with Gasteiger partial charge in [-0.05, 0) is 40.2 Å². The molecule has 0 amide bonds. The van der Waals surface area contributed by atoms with Gasteiger partial charge in [-0.1, -0.05) is 44.9 Å². The first-order valence-electron chi connectivity index (χ1n) is 8.16. The zero-order valence-electron chi connectivity index (χ0n) is 14.2. The van der Waals surface area contributed by atoms with Gasteiger partial charge in [0.05, 0.1) is 5.60 Å². The Balaban J connectivity index is 0. The van der Waals surface area contributed by atoms with Gasteiger partial charge in [-0.15, -0.1) is 0 Å². The van der Waals surface area contributed by atoms with Crippen molar-refractivity contribution in [3.8, 4) is 0 Å². The number of ether oxygens (including phenoxy) is 1. The van der Waals surface area contributed by atoms with Crippen molar-refractivity contribution in [2.75, 3.05) is 13.7 Å². The fraction of sp³-hybridized carbons (Fsp3) is 0.941. The highest BCUT2D eigenvalue weighted by molar-refractivity contribution is 5.48. The molecular weight excluding hydrogens is 250 g/mol. The Bertz CT molecular complexity index is 188. The number of hydrogen-bond acceptors (Lipinski definition) is 3. The van der Waals surface area contributed by atoms with Crippen LogP contribution in [-0.2, 0) is 9.53 Å². The van der Waals surface area contributed by atoms with Crippen molar-refractivity contribution in [2.45, 2.75) is 90.6 Å². The van der Waals surface area contributed by atoms with Crippen molar-refractivity contribution in [2.24, 2.45) is 5.73 Å². The molecule has 0 heterocycles. The minimum absolute atomic E-state index is 0.0417. The van der Waals surface area contributed by atoms with Crippen LogP contribution in [-0.4, -0.2) is 25.5 Å². The van der Waals surface area contributed by atoms with Crippen molar-refractivity contribution < 1.29 is 9.53 Å². The fourth-order valence-electron chi connectivity index (χ4n) is 1.61. The second-order valence-electron chi connectivity index (χ2n) is 6.24. The van der Waals surface area contributed by atoms with Crippen LogP contribution in [0.25, 0.3) is 0 Å². The number of methoxy groups -OCH3 is 1. The van der Waals surface area contributed by atoms with E-state index in [4.69, 9.17) is 10.5 Å². The minimum Gasteiger partial charge on any atom is -0.379 e. The van der Waals surface area contributed by atoms with E-state index in [2.05, 4.69) is 0 Å². The molecule has 0 aromatic carbocycles. The van der Waals surface area contributed by atoms with E-state index >= 15 is 0 Å². The van der Waals surface area contributed by atoms with Crippen LogP contribution in [0.2, 0.25) is 0 Å². The van der Waals surface area contributed by atoms with Crippen LogP contribution >= 0.6 is 0 Å². The van der Waals surface area contributed by atoms with Crippen LogP contribution in [0.1, 0.15) is 85.0 Å². The van der Waals surface area contributed by atoms with Gasteiger partial charge in [0.25, 0.3) is 0 Å². The second kappa shape index (κ2) is 16.6. The van der Waals surface area contributed by atoms with Crippen LogP contribution in [0.4, 0.5) is 0 Å². The average Bonchev–Trinajstić information content (AvgIpc) is 2.41. The Morgan fingerprint density at radius 2 is 1.20 bits per heavy atom. The molecule has 2 N–H and O–H groups in total. The largest absolute Gasteiger partial charge is 0.379 e. The van der Waals surface area contributed by atoms with Gasteiger partial charge in [0.2, 0.25) is 0 Å². The third-order valence-electron chi connectivity index (χ3n) is 3.14. The van der Waals surface area contributed by atoms with Crippen molar-refractivity contribution in [1.29, 1.82) is 0 Å². The maximum atomic E-state index is 10.0. The minimum atomic E-state index is 0.0417. The molecule has 3 heteroatoms.